The molecular formula is C24H18N2O5. The van der Waals surface area contributed by atoms with Gasteiger partial charge in [0.05, 0.1) is 11.3 Å². The number of ketones is 1. The predicted molar refractivity (Wildman–Crippen MR) is 113 cm³/mol. The Hall–Kier alpha value is -4.13. The van der Waals surface area contributed by atoms with Crippen LogP contribution in [-0.2, 0) is 9.59 Å². The monoisotopic (exact) mass is 414 g/mol. The summed E-state index contributed by atoms with van der Waals surface area (Å²) in [4.78, 5) is 31.9. The van der Waals surface area contributed by atoms with Crippen LogP contribution in [0, 0.1) is 6.92 Å². The Kier molecular flexibility index (Phi) is 4.43. The van der Waals surface area contributed by atoms with Crippen LogP contribution >= 0.6 is 0 Å². The molecule has 1 fully saturated rings. The molecule has 0 saturated carbocycles. The third-order valence-corrected chi connectivity index (χ3v) is 5.37. The molecule has 2 aromatic carbocycles. The summed E-state index contributed by atoms with van der Waals surface area (Å²) in [7, 11) is 0. The fraction of sp³-hybridized carbons (Fsp3) is 0.125. The number of nitrogens with zero attached hydrogens (tertiary/aromatic N) is 2. The number of fused-ring (bicyclic) bond motifs is 1. The van der Waals surface area contributed by atoms with Crippen molar-refractivity contribution in [3.05, 3.63) is 89.3 Å². The molecule has 1 saturated heterocycles. The number of Topliss-reactive ketones (excluding diaryl/α,β-unsaturated/α-hetero) is 1. The molecule has 31 heavy (non-hydrogen) atoms. The summed E-state index contributed by atoms with van der Waals surface area (Å²) >= 11 is 0. The van der Waals surface area contributed by atoms with Crippen LogP contribution in [-0.4, -0.2) is 28.6 Å². The van der Waals surface area contributed by atoms with Gasteiger partial charge < -0.3 is 14.6 Å². The van der Waals surface area contributed by atoms with Gasteiger partial charge in [-0.3, -0.25) is 19.5 Å². The number of pyridine rings is 1. The first-order valence-corrected chi connectivity index (χ1v) is 9.73. The van der Waals surface area contributed by atoms with Crippen LogP contribution in [0.3, 0.4) is 0 Å². The van der Waals surface area contributed by atoms with E-state index in [0.717, 1.165) is 5.56 Å². The van der Waals surface area contributed by atoms with Gasteiger partial charge in [-0.25, -0.2) is 0 Å². The number of hydrogen-bond acceptors (Lipinski definition) is 6. The molecule has 1 amide bonds. The van der Waals surface area contributed by atoms with Crippen molar-refractivity contribution in [1.82, 2.24) is 4.98 Å². The Balaban J connectivity index is 1.69. The van der Waals surface area contributed by atoms with E-state index in [1.165, 1.54) is 4.90 Å². The van der Waals surface area contributed by atoms with E-state index in [1.54, 1.807) is 54.7 Å². The molecule has 0 bridgehead atoms. The molecule has 7 nitrogen and oxygen atoms in total. The van der Waals surface area contributed by atoms with Gasteiger partial charge in [-0.1, -0.05) is 23.8 Å². The Morgan fingerprint density at radius 3 is 2.55 bits per heavy atom. The van der Waals surface area contributed by atoms with Gasteiger partial charge in [0.2, 0.25) is 6.79 Å². The van der Waals surface area contributed by atoms with Crippen molar-refractivity contribution < 1.29 is 24.2 Å². The smallest absolute Gasteiger partial charge is 0.300 e. The Bertz CT molecular complexity index is 1220. The quantitative estimate of drug-likeness (QED) is 0.399. The summed E-state index contributed by atoms with van der Waals surface area (Å²) in [6.45, 7) is 2.03. The number of carbonyl (C=O) groups is 2. The number of benzene rings is 2. The number of aryl methyl sites for hydroxylation is 1. The molecule has 3 heterocycles. The maximum Gasteiger partial charge on any atom is 0.300 e. The maximum atomic E-state index is 13.1. The van der Waals surface area contributed by atoms with Crippen LogP contribution in [0.15, 0.2) is 72.4 Å². The first kappa shape index (κ1) is 18.9. The zero-order chi connectivity index (χ0) is 21.5. The topological polar surface area (TPSA) is 89.0 Å². The number of amides is 1. The molecule has 1 aromatic heterocycles. The summed E-state index contributed by atoms with van der Waals surface area (Å²) in [6.07, 6.45) is 1.59. The lowest BCUT2D eigenvalue weighted by Gasteiger charge is -2.24. The summed E-state index contributed by atoms with van der Waals surface area (Å²) in [5.74, 6) is -0.765. The minimum Gasteiger partial charge on any atom is -0.507 e. The second kappa shape index (κ2) is 7.28. The lowest BCUT2D eigenvalue weighted by Crippen LogP contribution is -2.29. The zero-order valence-corrected chi connectivity index (χ0v) is 16.6. The number of rotatable bonds is 3. The third-order valence-electron chi connectivity index (χ3n) is 5.37. The van der Waals surface area contributed by atoms with Gasteiger partial charge in [0.25, 0.3) is 11.7 Å². The average molecular weight is 414 g/mol. The number of aliphatic hydroxyl groups excluding tert-OH is 1. The van der Waals surface area contributed by atoms with E-state index in [1.807, 2.05) is 19.1 Å². The summed E-state index contributed by atoms with van der Waals surface area (Å²) in [5, 5.41) is 11.1. The second-order valence-corrected chi connectivity index (χ2v) is 7.33. The largest absolute Gasteiger partial charge is 0.507 e. The molecular weight excluding hydrogens is 396 g/mol. The summed E-state index contributed by atoms with van der Waals surface area (Å²) < 4.78 is 10.7. The molecule has 0 aliphatic carbocycles. The molecule has 1 unspecified atom stereocenters. The summed E-state index contributed by atoms with van der Waals surface area (Å²) in [6, 6.07) is 16.5. The van der Waals surface area contributed by atoms with Crippen LogP contribution in [0.5, 0.6) is 11.5 Å². The molecule has 3 aromatic rings. The molecule has 154 valence electrons. The van der Waals surface area contributed by atoms with Gasteiger partial charge in [-0.2, -0.15) is 0 Å². The van der Waals surface area contributed by atoms with Gasteiger partial charge in [0.1, 0.15) is 11.8 Å². The van der Waals surface area contributed by atoms with Gasteiger partial charge >= 0.3 is 0 Å². The first-order chi connectivity index (χ1) is 15.0. The number of ether oxygens (including phenoxy) is 2. The number of hydrogen-bond donors (Lipinski definition) is 1. The van der Waals surface area contributed by atoms with Gasteiger partial charge in [-0.15, -0.1) is 0 Å². The number of anilines is 1. The molecule has 0 spiro atoms. The molecule has 0 radical (unpaired) electrons. The lowest BCUT2D eigenvalue weighted by molar-refractivity contribution is -0.132. The van der Waals surface area contributed by atoms with E-state index >= 15 is 0 Å². The molecule has 7 heteroatoms. The molecule has 2 aliphatic heterocycles. The van der Waals surface area contributed by atoms with Crippen LogP contribution in [0.4, 0.5) is 5.69 Å². The van der Waals surface area contributed by atoms with E-state index < -0.39 is 17.7 Å². The van der Waals surface area contributed by atoms with E-state index in [0.29, 0.717) is 28.4 Å². The highest BCUT2D eigenvalue weighted by atomic mass is 16.7. The highest BCUT2D eigenvalue weighted by Crippen LogP contribution is 2.42. The van der Waals surface area contributed by atoms with Crippen molar-refractivity contribution in [2.24, 2.45) is 0 Å². The first-order valence-electron chi connectivity index (χ1n) is 9.73. The lowest BCUT2D eigenvalue weighted by atomic mass is 9.98. The van der Waals surface area contributed by atoms with Crippen LogP contribution in [0.1, 0.15) is 22.9 Å². The fourth-order valence-electron chi connectivity index (χ4n) is 3.82. The van der Waals surface area contributed by atoms with Crippen molar-refractivity contribution in [2.75, 3.05) is 11.7 Å². The molecule has 2 aliphatic rings. The predicted octanol–water partition coefficient (Wildman–Crippen LogP) is 3.75. The normalized spacial score (nSPS) is 19.1. The van der Waals surface area contributed by atoms with E-state index in [-0.39, 0.29) is 18.1 Å². The zero-order valence-electron chi connectivity index (χ0n) is 16.6. The van der Waals surface area contributed by atoms with Gasteiger partial charge in [0, 0.05) is 17.4 Å². The standard InChI is InChI=1S/C24H18N2O5/c1-14-5-8-16(9-6-14)26-21(17-4-2-3-11-25-17)20(23(28)24(26)29)22(27)15-7-10-18-19(12-15)31-13-30-18/h2-12,21,27H,13H2,1H3/b22-20-. The highest BCUT2D eigenvalue weighted by molar-refractivity contribution is 6.51. The van der Waals surface area contributed by atoms with Crippen molar-refractivity contribution >= 4 is 23.1 Å². The average Bonchev–Trinajstić information content (AvgIpc) is 3.37. The Morgan fingerprint density at radius 1 is 1.03 bits per heavy atom. The minimum absolute atomic E-state index is 0.0249. The van der Waals surface area contributed by atoms with Crippen molar-refractivity contribution in [1.29, 1.82) is 0 Å². The number of aliphatic hydroxyl groups is 1. The van der Waals surface area contributed by atoms with Gasteiger partial charge in [-0.05, 0) is 49.4 Å². The van der Waals surface area contributed by atoms with Crippen molar-refractivity contribution in [2.45, 2.75) is 13.0 Å². The third kappa shape index (κ3) is 3.11. The van der Waals surface area contributed by atoms with Crippen LogP contribution < -0.4 is 14.4 Å². The van der Waals surface area contributed by atoms with E-state index in [4.69, 9.17) is 9.47 Å². The SMILES string of the molecule is Cc1ccc(N2C(=O)C(=O)/C(=C(\O)c3ccc4c(c3)OCO4)C2c2ccccn2)cc1. The van der Waals surface area contributed by atoms with Gasteiger partial charge in [0.15, 0.2) is 11.5 Å². The Labute approximate surface area is 178 Å². The molecule has 1 atom stereocenters. The summed E-state index contributed by atoms with van der Waals surface area (Å²) in [5.41, 5.74) is 2.38. The number of aromatic nitrogens is 1. The maximum absolute atomic E-state index is 13.1. The molecule has 1 N–H and O–H groups in total. The molecule has 5 rings (SSSR count). The fourth-order valence-corrected chi connectivity index (χ4v) is 3.82. The van der Waals surface area contributed by atoms with Crippen molar-refractivity contribution in [3.63, 3.8) is 0 Å². The Morgan fingerprint density at radius 2 is 1.81 bits per heavy atom. The van der Waals surface area contributed by atoms with Crippen LogP contribution in [0.25, 0.3) is 5.76 Å². The van der Waals surface area contributed by atoms with E-state index in [9.17, 15) is 14.7 Å². The van der Waals surface area contributed by atoms with E-state index in [2.05, 4.69) is 4.98 Å². The highest BCUT2D eigenvalue weighted by Gasteiger charge is 2.47. The number of carbonyl (C=O) groups excluding carboxylic acids is 2. The van der Waals surface area contributed by atoms with Crippen LogP contribution in [0.2, 0.25) is 0 Å². The van der Waals surface area contributed by atoms with Crippen molar-refractivity contribution in [3.8, 4) is 11.5 Å². The second-order valence-electron chi connectivity index (χ2n) is 7.33. The minimum atomic E-state index is -0.866.